The van der Waals surface area contributed by atoms with Crippen LogP contribution in [-0.4, -0.2) is 10.2 Å². The van der Waals surface area contributed by atoms with Gasteiger partial charge in [0.1, 0.15) is 46.0 Å². The lowest BCUT2D eigenvalue weighted by atomic mass is 9.71. The SMILES string of the molecule is C=Cc1c(C2=C(C)Oc3ccc4c5c(ccc4c3C2c2ccc(-c3ccccc3)cc2)Oc2ccc3cc(O)ccc3c2C5C2=CCC(c3ccccc3)C=C2)ccc2c1C(C1=CCC(c3ccccc3)C=C1)c1c(ccc3cc(O)ccc13)O2. The van der Waals surface area contributed by atoms with Gasteiger partial charge in [0.05, 0.1) is 0 Å². The smallest absolute Gasteiger partial charge is 0.132 e. The maximum absolute atomic E-state index is 10.8. The van der Waals surface area contributed by atoms with E-state index in [0.717, 1.165) is 141 Å². The second-order valence-electron chi connectivity index (χ2n) is 23.2. The Morgan fingerprint density at radius 3 is 1.36 bits per heavy atom. The normalized spacial score (nSPS) is 19.1. The van der Waals surface area contributed by atoms with Gasteiger partial charge in [0.15, 0.2) is 0 Å². The number of benzene rings is 11. The summed E-state index contributed by atoms with van der Waals surface area (Å²) in [5, 5.41) is 27.7. The summed E-state index contributed by atoms with van der Waals surface area (Å²) in [4.78, 5) is 0. The minimum absolute atomic E-state index is 0.203. The van der Waals surface area contributed by atoms with Crippen molar-refractivity contribution >= 4 is 44.0 Å². The lowest BCUT2D eigenvalue weighted by Gasteiger charge is -2.37. The molecule has 5 aliphatic rings. The van der Waals surface area contributed by atoms with Crippen LogP contribution in [0.5, 0.6) is 40.2 Å². The third-order valence-corrected chi connectivity index (χ3v) is 18.5. The molecule has 0 aromatic heterocycles. The van der Waals surface area contributed by atoms with Crippen LogP contribution >= 0.6 is 0 Å². The summed E-state index contributed by atoms with van der Waals surface area (Å²) in [6, 6.07) is 73.9. The number of phenols is 2. The molecular formula is C80H58O5. The summed E-state index contributed by atoms with van der Waals surface area (Å²) >= 11 is 0. The van der Waals surface area contributed by atoms with E-state index in [1.54, 1.807) is 12.1 Å². The lowest BCUT2D eigenvalue weighted by Crippen LogP contribution is -2.20. The highest BCUT2D eigenvalue weighted by molar-refractivity contribution is 6.01. The van der Waals surface area contributed by atoms with E-state index in [1.807, 2.05) is 36.4 Å². The average Bonchev–Trinajstić information content (AvgIpc) is 1.47. The topological polar surface area (TPSA) is 68.2 Å². The molecule has 11 aromatic rings. The predicted molar refractivity (Wildman–Crippen MR) is 345 cm³/mol. The van der Waals surface area contributed by atoms with Crippen molar-refractivity contribution in [2.24, 2.45) is 0 Å². The Hall–Kier alpha value is -10.4. The highest BCUT2D eigenvalue weighted by Gasteiger charge is 2.40. The number of rotatable bonds is 8. The number of aromatic hydroxyl groups is 2. The quantitative estimate of drug-likeness (QED) is 0.159. The Morgan fingerprint density at radius 1 is 0.412 bits per heavy atom. The van der Waals surface area contributed by atoms with Gasteiger partial charge in [-0.1, -0.05) is 207 Å². The van der Waals surface area contributed by atoms with Gasteiger partial charge in [0.25, 0.3) is 0 Å². The summed E-state index contributed by atoms with van der Waals surface area (Å²) in [7, 11) is 0. The summed E-state index contributed by atoms with van der Waals surface area (Å²) < 4.78 is 21.4. The number of fused-ring (bicyclic) bond motifs is 12. The molecule has 0 radical (unpaired) electrons. The third kappa shape index (κ3) is 8.36. The number of ether oxygens (including phenoxy) is 3. The second-order valence-corrected chi connectivity index (χ2v) is 23.2. The van der Waals surface area contributed by atoms with E-state index in [9.17, 15) is 10.2 Å². The van der Waals surface area contributed by atoms with Crippen LogP contribution in [0, 0.1) is 0 Å². The molecule has 0 amide bonds. The monoisotopic (exact) mass is 1100 g/mol. The Balaban J connectivity index is 0.905. The fourth-order valence-corrected chi connectivity index (χ4v) is 14.6. The van der Waals surface area contributed by atoms with E-state index in [4.69, 9.17) is 14.2 Å². The summed E-state index contributed by atoms with van der Waals surface area (Å²) in [5.41, 5.74) is 16.7. The number of allylic oxidation sites excluding steroid dienone is 10. The second kappa shape index (κ2) is 20.2. The van der Waals surface area contributed by atoms with Gasteiger partial charge in [-0.05, 0) is 157 Å². The molecule has 2 aliphatic carbocycles. The minimum atomic E-state index is -0.314. The molecule has 5 unspecified atom stereocenters. The number of hydrogen-bond donors (Lipinski definition) is 2. The molecule has 5 nitrogen and oxygen atoms in total. The van der Waals surface area contributed by atoms with Gasteiger partial charge in [0.2, 0.25) is 0 Å². The first-order valence-corrected chi connectivity index (χ1v) is 29.5. The van der Waals surface area contributed by atoms with Gasteiger partial charge in [0, 0.05) is 63.0 Å². The Bertz CT molecular complexity index is 4740. The molecule has 0 spiro atoms. The van der Waals surface area contributed by atoms with Crippen molar-refractivity contribution in [3.05, 3.63) is 328 Å². The van der Waals surface area contributed by atoms with Crippen molar-refractivity contribution in [1.82, 2.24) is 0 Å². The predicted octanol–water partition coefficient (Wildman–Crippen LogP) is 20.6. The molecule has 0 bridgehead atoms. The van der Waals surface area contributed by atoms with Crippen LogP contribution in [-0.2, 0) is 0 Å². The highest BCUT2D eigenvalue weighted by atomic mass is 16.5. The molecular weight excluding hydrogens is 1040 g/mol. The molecule has 85 heavy (non-hydrogen) atoms. The summed E-state index contributed by atoms with van der Waals surface area (Å²) in [6.07, 6.45) is 17.9. The van der Waals surface area contributed by atoms with Gasteiger partial charge >= 0.3 is 0 Å². The van der Waals surface area contributed by atoms with Crippen LogP contribution in [0.25, 0.3) is 55.1 Å². The molecule has 0 saturated heterocycles. The van der Waals surface area contributed by atoms with Crippen molar-refractivity contribution < 1.29 is 24.4 Å². The van der Waals surface area contributed by atoms with E-state index in [2.05, 4.69) is 220 Å². The van der Waals surface area contributed by atoms with Crippen molar-refractivity contribution in [3.8, 4) is 51.4 Å². The van der Waals surface area contributed by atoms with Crippen molar-refractivity contribution in [3.63, 3.8) is 0 Å². The molecule has 5 atom stereocenters. The zero-order valence-electron chi connectivity index (χ0n) is 46.9. The van der Waals surface area contributed by atoms with Gasteiger partial charge in [-0.2, -0.15) is 0 Å². The molecule has 16 rings (SSSR count). The Kier molecular flexibility index (Phi) is 12.0. The van der Waals surface area contributed by atoms with Crippen molar-refractivity contribution in [1.29, 1.82) is 0 Å². The molecule has 3 heterocycles. The van der Waals surface area contributed by atoms with Gasteiger partial charge < -0.3 is 24.4 Å². The zero-order chi connectivity index (χ0) is 56.9. The summed E-state index contributed by atoms with van der Waals surface area (Å²) in [5.74, 6) is 4.98. The van der Waals surface area contributed by atoms with E-state index in [0.29, 0.717) is 0 Å². The van der Waals surface area contributed by atoms with E-state index in [-0.39, 0.29) is 41.1 Å². The Morgan fingerprint density at radius 2 is 0.847 bits per heavy atom. The molecule has 11 aromatic carbocycles. The van der Waals surface area contributed by atoms with Crippen LogP contribution in [0.2, 0.25) is 0 Å². The molecule has 0 fully saturated rings. The van der Waals surface area contributed by atoms with Gasteiger partial charge in [-0.25, -0.2) is 0 Å². The molecule has 3 aliphatic heterocycles. The van der Waals surface area contributed by atoms with Crippen LogP contribution in [0.4, 0.5) is 0 Å². The van der Waals surface area contributed by atoms with Crippen molar-refractivity contribution in [2.75, 3.05) is 0 Å². The largest absolute Gasteiger partial charge is 0.508 e. The zero-order valence-corrected chi connectivity index (χ0v) is 46.9. The molecule has 5 heteroatoms. The van der Waals surface area contributed by atoms with Crippen LogP contribution in [0.1, 0.15) is 105 Å². The molecule has 408 valence electrons. The van der Waals surface area contributed by atoms with Crippen LogP contribution < -0.4 is 14.2 Å². The first-order valence-electron chi connectivity index (χ1n) is 29.5. The summed E-state index contributed by atoms with van der Waals surface area (Å²) in [6.45, 7) is 6.77. The van der Waals surface area contributed by atoms with E-state index < -0.39 is 0 Å². The lowest BCUT2D eigenvalue weighted by molar-refractivity contribution is 0.413. The molecule has 0 saturated carbocycles. The highest BCUT2D eigenvalue weighted by Crippen LogP contribution is 2.59. The van der Waals surface area contributed by atoms with E-state index in [1.165, 1.54) is 22.3 Å². The van der Waals surface area contributed by atoms with Crippen molar-refractivity contribution in [2.45, 2.75) is 49.4 Å². The maximum atomic E-state index is 10.8. The molecule has 2 N–H and O–H groups in total. The van der Waals surface area contributed by atoms with Gasteiger partial charge in [-0.3, -0.25) is 0 Å². The Labute approximate surface area is 494 Å². The van der Waals surface area contributed by atoms with E-state index >= 15 is 0 Å². The fourth-order valence-electron chi connectivity index (χ4n) is 14.6. The number of hydrogen-bond acceptors (Lipinski definition) is 5. The number of phenolic OH excluding ortho intramolecular Hbond substituents is 2. The maximum Gasteiger partial charge on any atom is 0.132 e. The van der Waals surface area contributed by atoms with Crippen LogP contribution in [0.15, 0.2) is 272 Å². The first-order chi connectivity index (χ1) is 41.8. The van der Waals surface area contributed by atoms with Crippen LogP contribution in [0.3, 0.4) is 0 Å². The minimum Gasteiger partial charge on any atom is -0.508 e. The third-order valence-electron chi connectivity index (χ3n) is 18.5. The average molecular weight is 1100 g/mol. The van der Waals surface area contributed by atoms with Gasteiger partial charge in [-0.15, -0.1) is 0 Å². The standard InChI is InChI=1S/C80H58O5/c1-3-61-64(37-43-70-76(61)74(55-27-21-52(22-28-55)49-15-9-5-10-16-49)77-62-35-33-59(81)45-57(62)31-40-68(77)84-70)72-47(2)83-67-42-38-66-65(79(67)73(72)54-25-19-51(20-26-54)48-13-7-4-8-14-48)39-44-71-80(66)75(56-29-23-53(24-30-56)50-17-11-6-12-18-50)78-63-36-34-60(82)46-58(63)32-41-69(78)85-71/h3-21,23,25-46,52-53,73-75,81-82H,1,22,24H2,2H3. The fraction of sp³-hybridized carbons (Fsp3) is 0.100. The first kappa shape index (κ1) is 50.4.